The zero-order valence-electron chi connectivity index (χ0n) is 16.4. The van der Waals surface area contributed by atoms with Crippen LogP contribution in [0.4, 0.5) is 22.0 Å². The molecule has 0 N–H and O–H groups in total. The lowest BCUT2D eigenvalue weighted by atomic mass is 9.68. The van der Waals surface area contributed by atoms with Gasteiger partial charge in [-0.1, -0.05) is 26.2 Å². The fourth-order valence-corrected chi connectivity index (χ4v) is 5.17. The zero-order valence-corrected chi connectivity index (χ0v) is 16.4. The summed E-state index contributed by atoms with van der Waals surface area (Å²) in [4.78, 5) is 0. The summed E-state index contributed by atoms with van der Waals surface area (Å²) in [6.45, 7) is 2.26. The predicted molar refractivity (Wildman–Crippen MR) is 102 cm³/mol. The van der Waals surface area contributed by atoms with Crippen LogP contribution >= 0.6 is 0 Å². The number of hydrogen-bond donors (Lipinski definition) is 0. The number of benzene rings is 1. The van der Waals surface area contributed by atoms with E-state index in [4.69, 9.17) is 0 Å². The third-order valence-electron chi connectivity index (χ3n) is 6.92. The van der Waals surface area contributed by atoms with Crippen LogP contribution in [0.1, 0.15) is 81.8 Å². The molecular weight excluding hydrogens is 371 g/mol. The smallest absolute Gasteiger partial charge is 0.206 e. The number of halogens is 5. The molecule has 0 radical (unpaired) electrons. The molecule has 2 aliphatic carbocycles. The topological polar surface area (TPSA) is 0 Å². The molecule has 0 unspecified atom stereocenters. The minimum atomic E-state index is -4.59. The van der Waals surface area contributed by atoms with Gasteiger partial charge in [-0.2, -0.15) is 13.2 Å². The van der Waals surface area contributed by atoms with Crippen molar-refractivity contribution in [2.75, 3.05) is 0 Å². The lowest BCUT2D eigenvalue weighted by Gasteiger charge is -2.38. The Kier molecular flexibility index (Phi) is 6.82. The van der Waals surface area contributed by atoms with E-state index in [0.717, 1.165) is 37.5 Å². The van der Waals surface area contributed by atoms with Crippen molar-refractivity contribution in [2.24, 2.45) is 17.8 Å². The van der Waals surface area contributed by atoms with Gasteiger partial charge in [-0.15, -0.1) is 0 Å². The van der Waals surface area contributed by atoms with Gasteiger partial charge in [0.05, 0.1) is 0 Å². The van der Waals surface area contributed by atoms with Crippen LogP contribution in [0.15, 0.2) is 18.2 Å². The maximum Gasteiger partial charge on any atom is 0.409 e. The Morgan fingerprint density at radius 2 is 1.36 bits per heavy atom. The normalized spacial score (nSPS) is 29.4. The van der Waals surface area contributed by atoms with E-state index in [-0.39, 0.29) is 12.0 Å². The summed E-state index contributed by atoms with van der Waals surface area (Å²) in [5, 5.41) is 0. The van der Waals surface area contributed by atoms with Crippen LogP contribution in [0.5, 0.6) is 0 Å². The van der Waals surface area contributed by atoms with Crippen LogP contribution in [0.25, 0.3) is 6.08 Å². The molecule has 0 aromatic heterocycles. The highest BCUT2D eigenvalue weighted by Crippen LogP contribution is 2.44. The van der Waals surface area contributed by atoms with Crippen molar-refractivity contribution in [1.82, 2.24) is 0 Å². The quantitative estimate of drug-likeness (QED) is 0.449. The Morgan fingerprint density at radius 3 is 1.82 bits per heavy atom. The number of alkyl halides is 3. The van der Waals surface area contributed by atoms with Crippen LogP contribution in [0, 0.1) is 29.4 Å². The molecule has 2 fully saturated rings. The van der Waals surface area contributed by atoms with Crippen molar-refractivity contribution in [3.63, 3.8) is 0 Å². The van der Waals surface area contributed by atoms with Gasteiger partial charge in [0, 0.05) is 11.6 Å². The molecule has 0 spiro atoms. The van der Waals surface area contributed by atoms with E-state index in [2.05, 4.69) is 6.92 Å². The lowest BCUT2D eigenvalue weighted by molar-refractivity contribution is -0.0790. The predicted octanol–water partition coefficient (Wildman–Crippen LogP) is 8.03. The fraction of sp³-hybridized carbons (Fsp3) is 0.652. The Labute approximate surface area is 164 Å². The van der Waals surface area contributed by atoms with Crippen molar-refractivity contribution in [1.29, 1.82) is 0 Å². The molecule has 0 bridgehead atoms. The summed E-state index contributed by atoms with van der Waals surface area (Å²) >= 11 is 0. The Hall–Kier alpha value is -1.39. The van der Waals surface area contributed by atoms with Crippen LogP contribution in [0.3, 0.4) is 0 Å². The molecule has 0 amide bonds. The second-order valence-corrected chi connectivity index (χ2v) is 8.57. The third-order valence-corrected chi connectivity index (χ3v) is 6.92. The highest BCUT2D eigenvalue weighted by Gasteiger charge is 2.31. The standard InChI is InChI=1S/C23H29F5/c1-2-15-3-5-16(6-4-15)17-7-9-18(10-8-17)19-13-21(24)20(22(25)14-19)11-12-23(26,27)28/h11-18H,2-10H2,1H3/b12-11+. The summed E-state index contributed by atoms with van der Waals surface area (Å²) in [5.74, 6) is 0.618. The molecule has 2 aliphatic rings. The van der Waals surface area contributed by atoms with E-state index in [1.807, 2.05) is 0 Å². The summed E-state index contributed by atoms with van der Waals surface area (Å²) in [7, 11) is 0. The average molecular weight is 400 g/mol. The molecule has 0 saturated heterocycles. The molecule has 1 aromatic carbocycles. The van der Waals surface area contributed by atoms with Crippen molar-refractivity contribution >= 4 is 6.08 Å². The van der Waals surface area contributed by atoms with E-state index in [9.17, 15) is 22.0 Å². The minimum Gasteiger partial charge on any atom is -0.206 e. The van der Waals surface area contributed by atoms with Gasteiger partial charge in [-0.25, -0.2) is 8.78 Å². The maximum absolute atomic E-state index is 14.2. The summed E-state index contributed by atoms with van der Waals surface area (Å²) in [6.07, 6.45) is 6.21. The molecule has 2 saturated carbocycles. The van der Waals surface area contributed by atoms with Gasteiger partial charge >= 0.3 is 6.18 Å². The Balaban J connectivity index is 1.61. The number of rotatable bonds is 4. The molecule has 28 heavy (non-hydrogen) atoms. The van der Waals surface area contributed by atoms with E-state index in [0.29, 0.717) is 17.6 Å². The van der Waals surface area contributed by atoms with E-state index >= 15 is 0 Å². The number of hydrogen-bond acceptors (Lipinski definition) is 0. The van der Waals surface area contributed by atoms with E-state index < -0.39 is 23.4 Å². The first-order valence-corrected chi connectivity index (χ1v) is 10.5. The van der Waals surface area contributed by atoms with Crippen LogP contribution < -0.4 is 0 Å². The molecule has 1 aromatic rings. The van der Waals surface area contributed by atoms with E-state index in [1.165, 1.54) is 44.2 Å². The molecule has 3 rings (SSSR count). The largest absolute Gasteiger partial charge is 0.409 e. The minimum absolute atomic E-state index is 0.0906. The zero-order chi connectivity index (χ0) is 20.3. The Bertz CT molecular complexity index is 652. The van der Waals surface area contributed by atoms with Crippen LogP contribution in [-0.4, -0.2) is 6.18 Å². The molecule has 0 nitrogen and oxygen atoms in total. The van der Waals surface area contributed by atoms with Crippen molar-refractivity contribution in [3.8, 4) is 0 Å². The van der Waals surface area contributed by atoms with Crippen molar-refractivity contribution < 1.29 is 22.0 Å². The highest BCUT2D eigenvalue weighted by molar-refractivity contribution is 5.52. The van der Waals surface area contributed by atoms with Gasteiger partial charge in [0.1, 0.15) is 11.6 Å². The molecule has 5 heteroatoms. The van der Waals surface area contributed by atoms with Crippen molar-refractivity contribution in [3.05, 3.63) is 41.0 Å². The van der Waals surface area contributed by atoms with Gasteiger partial charge in [-0.3, -0.25) is 0 Å². The molecular formula is C23H29F5. The maximum atomic E-state index is 14.2. The molecule has 0 aliphatic heterocycles. The second-order valence-electron chi connectivity index (χ2n) is 8.57. The van der Waals surface area contributed by atoms with Crippen LogP contribution in [0.2, 0.25) is 0 Å². The average Bonchev–Trinajstić information content (AvgIpc) is 2.66. The fourth-order valence-electron chi connectivity index (χ4n) is 5.17. The van der Waals surface area contributed by atoms with Crippen LogP contribution in [-0.2, 0) is 0 Å². The van der Waals surface area contributed by atoms with Gasteiger partial charge < -0.3 is 0 Å². The SMILES string of the molecule is CCC1CCC(C2CCC(c3cc(F)c(/C=C/C(F)(F)F)c(F)c3)CC2)CC1. The number of allylic oxidation sites excluding steroid dienone is 1. The van der Waals surface area contributed by atoms with Gasteiger partial charge in [-0.05, 0) is 86.0 Å². The third kappa shape index (κ3) is 5.36. The van der Waals surface area contributed by atoms with Gasteiger partial charge in [0.2, 0.25) is 0 Å². The molecule has 0 atom stereocenters. The van der Waals surface area contributed by atoms with Gasteiger partial charge in [0.25, 0.3) is 0 Å². The lowest BCUT2D eigenvalue weighted by Crippen LogP contribution is -2.25. The van der Waals surface area contributed by atoms with E-state index in [1.54, 1.807) is 0 Å². The second kappa shape index (κ2) is 8.96. The Morgan fingerprint density at radius 1 is 0.857 bits per heavy atom. The summed E-state index contributed by atoms with van der Waals surface area (Å²) < 4.78 is 65.3. The monoisotopic (exact) mass is 400 g/mol. The summed E-state index contributed by atoms with van der Waals surface area (Å²) in [6, 6.07) is 2.44. The first-order chi connectivity index (χ1) is 13.3. The van der Waals surface area contributed by atoms with Gasteiger partial charge in [0.15, 0.2) is 0 Å². The van der Waals surface area contributed by atoms with Crippen molar-refractivity contribution in [2.45, 2.75) is 76.8 Å². The first-order valence-electron chi connectivity index (χ1n) is 10.5. The highest BCUT2D eigenvalue weighted by atomic mass is 19.4. The summed E-state index contributed by atoms with van der Waals surface area (Å²) in [5.41, 5.74) is -0.0465. The molecule has 156 valence electrons. The molecule has 0 heterocycles. The first kappa shape index (κ1) is 21.3.